The summed E-state index contributed by atoms with van der Waals surface area (Å²) in [5.74, 6) is 1.93. The van der Waals surface area contributed by atoms with Crippen LogP contribution < -0.4 is 0 Å². The molecule has 0 atom stereocenters. The van der Waals surface area contributed by atoms with Crippen LogP contribution in [-0.4, -0.2) is 24.9 Å². The van der Waals surface area contributed by atoms with Gasteiger partial charge in [0, 0.05) is 38.6 Å². The fourth-order valence-corrected chi connectivity index (χ4v) is 6.57. The van der Waals surface area contributed by atoms with Crippen LogP contribution in [0.15, 0.2) is 170 Å². The highest BCUT2D eigenvalue weighted by molar-refractivity contribution is 6.05. The predicted molar refractivity (Wildman–Crippen MR) is 208 cm³/mol. The number of nitrogens with zero attached hydrogens (tertiary/aromatic N) is 5. The van der Waals surface area contributed by atoms with Gasteiger partial charge in [-0.15, -0.1) is 0 Å². The molecule has 51 heavy (non-hydrogen) atoms. The maximum Gasteiger partial charge on any atom is 0.164 e. The molecule has 0 saturated heterocycles. The molecule has 5 nitrogen and oxygen atoms in total. The van der Waals surface area contributed by atoms with Crippen molar-refractivity contribution < 1.29 is 0 Å². The van der Waals surface area contributed by atoms with Crippen LogP contribution in [0.1, 0.15) is 5.56 Å². The lowest BCUT2D eigenvalue weighted by atomic mass is 9.98. The third-order valence-corrected chi connectivity index (χ3v) is 9.25. The van der Waals surface area contributed by atoms with Crippen molar-refractivity contribution in [3.05, 3.63) is 175 Å². The third kappa shape index (κ3) is 5.91. The van der Waals surface area contributed by atoms with Crippen molar-refractivity contribution in [2.45, 2.75) is 6.92 Å². The number of fused-ring (bicyclic) bond motifs is 3. The Balaban J connectivity index is 1.08. The fraction of sp³-hybridized carbons (Fsp3) is 0.0217. The summed E-state index contributed by atoms with van der Waals surface area (Å²) >= 11 is 0. The standard InChI is InChI=1S/C46H31N5/c1-30-28-41(48-43-39(30)26-24-33-25-27-40(47-42(33)43)32-12-5-2-6-13-32)38-19-11-18-37(29-38)31-20-22-36(23-21-31)46-50-44(34-14-7-3-8-15-34)49-45(51-46)35-16-9-4-10-17-35/h2-29H,1H3. The third-order valence-electron chi connectivity index (χ3n) is 9.25. The van der Waals surface area contributed by atoms with Crippen LogP contribution in [0.5, 0.6) is 0 Å². The Labute approximate surface area is 296 Å². The van der Waals surface area contributed by atoms with Crippen molar-refractivity contribution in [3.8, 4) is 67.8 Å². The minimum absolute atomic E-state index is 0.634. The molecule has 3 heterocycles. The van der Waals surface area contributed by atoms with E-state index in [4.69, 9.17) is 24.9 Å². The SMILES string of the molecule is Cc1cc(-c2cccc(-c3ccc(-c4nc(-c5ccccc5)nc(-c5ccccc5)n4)cc3)c2)nc2c1ccc1ccc(-c3ccccc3)nc12. The summed E-state index contributed by atoms with van der Waals surface area (Å²) in [6, 6.07) is 58.1. The second-order valence-corrected chi connectivity index (χ2v) is 12.6. The lowest BCUT2D eigenvalue weighted by Gasteiger charge is -2.12. The van der Waals surface area contributed by atoms with E-state index in [1.54, 1.807) is 0 Å². The minimum Gasteiger partial charge on any atom is -0.245 e. The van der Waals surface area contributed by atoms with Crippen LogP contribution in [0.3, 0.4) is 0 Å². The van der Waals surface area contributed by atoms with Gasteiger partial charge in [-0.25, -0.2) is 24.9 Å². The van der Waals surface area contributed by atoms with Crippen LogP contribution in [0.25, 0.3) is 89.6 Å². The molecule has 0 unspecified atom stereocenters. The van der Waals surface area contributed by atoms with Gasteiger partial charge < -0.3 is 0 Å². The molecular weight excluding hydrogens is 623 g/mol. The van der Waals surface area contributed by atoms with E-state index in [0.29, 0.717) is 17.5 Å². The minimum atomic E-state index is 0.634. The molecule has 0 spiro atoms. The van der Waals surface area contributed by atoms with E-state index in [1.165, 1.54) is 5.56 Å². The van der Waals surface area contributed by atoms with Gasteiger partial charge in [-0.2, -0.15) is 0 Å². The number of hydrogen-bond donors (Lipinski definition) is 0. The van der Waals surface area contributed by atoms with Crippen molar-refractivity contribution in [2.24, 2.45) is 0 Å². The van der Waals surface area contributed by atoms with Crippen molar-refractivity contribution in [1.29, 1.82) is 0 Å². The molecule has 0 radical (unpaired) electrons. The van der Waals surface area contributed by atoms with Gasteiger partial charge in [0.25, 0.3) is 0 Å². The molecule has 0 saturated carbocycles. The molecule has 240 valence electrons. The number of aromatic nitrogens is 5. The topological polar surface area (TPSA) is 64.5 Å². The number of hydrogen-bond acceptors (Lipinski definition) is 5. The maximum atomic E-state index is 5.24. The molecule has 0 aliphatic carbocycles. The van der Waals surface area contributed by atoms with Gasteiger partial charge in [0.1, 0.15) is 0 Å². The van der Waals surface area contributed by atoms with E-state index < -0.39 is 0 Å². The summed E-state index contributed by atoms with van der Waals surface area (Å²) in [5, 5.41) is 2.19. The summed E-state index contributed by atoms with van der Waals surface area (Å²) in [6.45, 7) is 2.15. The van der Waals surface area contributed by atoms with Crippen LogP contribution in [0.4, 0.5) is 0 Å². The second kappa shape index (κ2) is 12.9. The zero-order valence-corrected chi connectivity index (χ0v) is 27.9. The van der Waals surface area contributed by atoms with Gasteiger partial charge in [0.15, 0.2) is 17.5 Å². The highest BCUT2D eigenvalue weighted by atomic mass is 15.0. The summed E-state index contributed by atoms with van der Waals surface area (Å²) in [6.07, 6.45) is 0. The Bertz CT molecular complexity index is 2620. The van der Waals surface area contributed by atoms with Crippen LogP contribution in [0, 0.1) is 6.92 Å². The van der Waals surface area contributed by atoms with E-state index in [-0.39, 0.29) is 0 Å². The highest BCUT2D eigenvalue weighted by Gasteiger charge is 2.14. The van der Waals surface area contributed by atoms with Crippen molar-refractivity contribution >= 4 is 21.8 Å². The predicted octanol–water partition coefficient (Wildman–Crippen LogP) is 11.3. The Morgan fingerprint density at radius 2 is 0.804 bits per heavy atom. The molecule has 9 aromatic rings. The Hall–Kier alpha value is -6.85. The first kappa shape index (κ1) is 30.2. The lowest BCUT2D eigenvalue weighted by Crippen LogP contribution is -2.00. The average Bonchev–Trinajstić information content (AvgIpc) is 3.21. The first-order chi connectivity index (χ1) is 25.2. The van der Waals surface area contributed by atoms with E-state index in [1.807, 2.05) is 78.9 Å². The van der Waals surface area contributed by atoms with E-state index in [0.717, 1.165) is 72.1 Å². The van der Waals surface area contributed by atoms with Gasteiger partial charge in [-0.3, -0.25) is 0 Å². The first-order valence-corrected chi connectivity index (χ1v) is 17.0. The van der Waals surface area contributed by atoms with E-state index in [2.05, 4.69) is 97.9 Å². The Morgan fingerprint density at radius 1 is 0.314 bits per heavy atom. The Kier molecular flexibility index (Phi) is 7.63. The number of benzene rings is 6. The monoisotopic (exact) mass is 653 g/mol. The zero-order chi connectivity index (χ0) is 34.1. The molecular formula is C46H31N5. The van der Waals surface area contributed by atoms with Crippen molar-refractivity contribution in [1.82, 2.24) is 24.9 Å². The van der Waals surface area contributed by atoms with E-state index in [9.17, 15) is 0 Å². The second-order valence-electron chi connectivity index (χ2n) is 12.6. The summed E-state index contributed by atoms with van der Waals surface area (Å²) < 4.78 is 0. The van der Waals surface area contributed by atoms with Gasteiger partial charge >= 0.3 is 0 Å². The molecule has 6 aromatic carbocycles. The van der Waals surface area contributed by atoms with E-state index >= 15 is 0 Å². The molecule has 0 fully saturated rings. The molecule has 9 rings (SSSR count). The van der Waals surface area contributed by atoms with Crippen LogP contribution in [-0.2, 0) is 0 Å². The first-order valence-electron chi connectivity index (χ1n) is 17.0. The van der Waals surface area contributed by atoms with Gasteiger partial charge in [-0.05, 0) is 41.8 Å². The molecule has 0 bridgehead atoms. The van der Waals surface area contributed by atoms with Gasteiger partial charge in [-0.1, -0.05) is 152 Å². The number of aryl methyl sites for hydroxylation is 1. The molecule has 0 N–H and O–H groups in total. The molecule has 0 amide bonds. The van der Waals surface area contributed by atoms with Crippen LogP contribution in [0.2, 0.25) is 0 Å². The van der Waals surface area contributed by atoms with Crippen molar-refractivity contribution in [3.63, 3.8) is 0 Å². The highest BCUT2D eigenvalue weighted by Crippen LogP contribution is 2.33. The van der Waals surface area contributed by atoms with Crippen molar-refractivity contribution in [2.75, 3.05) is 0 Å². The summed E-state index contributed by atoms with van der Waals surface area (Å²) in [4.78, 5) is 25.0. The number of rotatable bonds is 6. The van der Waals surface area contributed by atoms with Gasteiger partial charge in [0.2, 0.25) is 0 Å². The molecule has 3 aromatic heterocycles. The van der Waals surface area contributed by atoms with Crippen LogP contribution >= 0.6 is 0 Å². The summed E-state index contributed by atoms with van der Waals surface area (Å²) in [5.41, 5.74) is 12.0. The largest absolute Gasteiger partial charge is 0.245 e. The Morgan fingerprint density at radius 3 is 1.43 bits per heavy atom. The number of pyridine rings is 2. The fourth-order valence-electron chi connectivity index (χ4n) is 6.57. The molecule has 0 aliphatic rings. The zero-order valence-electron chi connectivity index (χ0n) is 27.9. The summed E-state index contributed by atoms with van der Waals surface area (Å²) in [7, 11) is 0. The lowest BCUT2D eigenvalue weighted by molar-refractivity contribution is 1.07. The molecule has 5 heteroatoms. The quantitative estimate of drug-likeness (QED) is 0.167. The smallest absolute Gasteiger partial charge is 0.164 e. The van der Waals surface area contributed by atoms with Gasteiger partial charge in [0.05, 0.1) is 22.4 Å². The maximum absolute atomic E-state index is 5.24. The normalized spacial score (nSPS) is 11.2. The molecule has 0 aliphatic heterocycles. The average molecular weight is 654 g/mol.